The van der Waals surface area contributed by atoms with Crippen molar-refractivity contribution in [3.05, 3.63) is 65.4 Å². The molecule has 2 aliphatic rings. The fraction of sp³-hybridized carbons (Fsp3) is 0.375. The van der Waals surface area contributed by atoms with Crippen molar-refractivity contribution >= 4 is 34.0 Å². The zero-order chi connectivity index (χ0) is 21.9. The number of nitrogens with one attached hydrogen (secondary N) is 2. The maximum absolute atomic E-state index is 13.0. The van der Waals surface area contributed by atoms with Crippen LogP contribution in [0.2, 0.25) is 0 Å². The number of thiazole rings is 1. The Hall–Kier alpha value is -3.13. The molecule has 2 saturated heterocycles. The number of carbonyl (C=O) groups excluding carboxylic acids is 2. The molecule has 7 nitrogen and oxygen atoms in total. The third-order valence-electron chi connectivity index (χ3n) is 6.29. The number of carbonyl (C=O) groups is 2. The highest BCUT2D eigenvalue weighted by atomic mass is 32.1. The van der Waals surface area contributed by atoms with Gasteiger partial charge in [0.25, 0.3) is 5.91 Å². The molecule has 0 aliphatic carbocycles. The summed E-state index contributed by atoms with van der Waals surface area (Å²) in [6.07, 6.45) is 5.54. The molecule has 2 aliphatic heterocycles. The van der Waals surface area contributed by atoms with Gasteiger partial charge in [-0.15, -0.1) is 11.3 Å². The summed E-state index contributed by atoms with van der Waals surface area (Å²) in [5.74, 6) is 0.175. The average Bonchev–Trinajstić information content (AvgIpc) is 3.55. The largest absolute Gasteiger partial charge is 0.363 e. The van der Waals surface area contributed by atoms with Crippen LogP contribution < -0.4 is 15.5 Å². The first-order chi connectivity index (χ1) is 15.7. The minimum atomic E-state index is -0.164. The number of nitrogens with zero attached hydrogens (tertiary/aromatic N) is 3. The van der Waals surface area contributed by atoms with E-state index in [4.69, 9.17) is 4.98 Å². The molecule has 8 heteroatoms. The van der Waals surface area contributed by atoms with Crippen molar-refractivity contribution in [1.82, 2.24) is 14.9 Å². The molecular formula is C24H27N5O2S. The van der Waals surface area contributed by atoms with Gasteiger partial charge in [-0.3, -0.25) is 14.9 Å². The average molecular weight is 450 g/mol. The Morgan fingerprint density at radius 2 is 2.06 bits per heavy atom. The zero-order valence-corrected chi connectivity index (χ0v) is 18.7. The highest BCUT2D eigenvalue weighted by molar-refractivity contribution is 7.14. The minimum Gasteiger partial charge on any atom is -0.363 e. The molecule has 4 heterocycles. The highest BCUT2D eigenvalue weighted by Gasteiger charge is 2.28. The van der Waals surface area contributed by atoms with Gasteiger partial charge in [-0.05, 0) is 49.4 Å². The maximum Gasteiger partial charge on any atom is 0.274 e. The molecule has 3 aromatic rings. The molecule has 0 bridgehead atoms. The Labute approximate surface area is 191 Å². The Morgan fingerprint density at radius 1 is 1.19 bits per heavy atom. The quantitative estimate of drug-likeness (QED) is 0.595. The summed E-state index contributed by atoms with van der Waals surface area (Å²) < 4.78 is 1.95. The number of benzene rings is 1. The fourth-order valence-corrected chi connectivity index (χ4v) is 5.48. The summed E-state index contributed by atoms with van der Waals surface area (Å²) in [6.45, 7) is 2.39. The summed E-state index contributed by atoms with van der Waals surface area (Å²) in [5, 5.41) is 8.52. The molecule has 2 atom stereocenters. The van der Waals surface area contributed by atoms with Crippen LogP contribution >= 0.6 is 11.3 Å². The number of aromatic nitrogens is 2. The third-order valence-corrected chi connectivity index (χ3v) is 7.07. The molecule has 0 spiro atoms. The van der Waals surface area contributed by atoms with Crippen molar-refractivity contribution in [2.45, 2.75) is 38.3 Å². The molecule has 32 heavy (non-hydrogen) atoms. The second kappa shape index (κ2) is 9.16. The molecule has 2 amide bonds. The number of hydrogen-bond acceptors (Lipinski definition) is 5. The second-order valence-electron chi connectivity index (χ2n) is 8.47. The van der Waals surface area contributed by atoms with E-state index in [1.54, 1.807) is 0 Å². The topological polar surface area (TPSA) is 79.3 Å². The van der Waals surface area contributed by atoms with Crippen LogP contribution in [0, 0.1) is 5.92 Å². The highest BCUT2D eigenvalue weighted by Crippen LogP contribution is 2.37. The first-order valence-electron chi connectivity index (χ1n) is 11.2. The molecule has 1 unspecified atom stereocenters. The lowest BCUT2D eigenvalue weighted by Gasteiger charge is -2.25. The predicted molar refractivity (Wildman–Crippen MR) is 126 cm³/mol. The number of rotatable bonds is 6. The van der Waals surface area contributed by atoms with Crippen LogP contribution in [-0.4, -0.2) is 34.5 Å². The summed E-state index contributed by atoms with van der Waals surface area (Å²) in [4.78, 5) is 31.8. The first kappa shape index (κ1) is 20.8. The van der Waals surface area contributed by atoms with Gasteiger partial charge in [0.1, 0.15) is 5.69 Å². The van der Waals surface area contributed by atoms with E-state index in [0.29, 0.717) is 30.3 Å². The lowest BCUT2D eigenvalue weighted by atomic mass is 9.97. The molecular weight excluding hydrogens is 422 g/mol. The van der Waals surface area contributed by atoms with Crippen molar-refractivity contribution < 1.29 is 9.59 Å². The molecule has 2 fully saturated rings. The lowest BCUT2D eigenvalue weighted by Crippen LogP contribution is -2.35. The van der Waals surface area contributed by atoms with Gasteiger partial charge in [-0.25, -0.2) is 4.98 Å². The van der Waals surface area contributed by atoms with Gasteiger partial charge in [0.05, 0.1) is 11.7 Å². The van der Waals surface area contributed by atoms with Gasteiger partial charge < -0.3 is 14.8 Å². The standard InChI is InChI=1S/C24H27N5O2S/c30-22-14-17(10-11-25-22)15-28-12-4-9-21(28)23(31)27-24-26-19(16-32-24)20-8-5-13-29(20)18-6-2-1-3-7-18/h1-4,6-7,9,12,16-17,20H,5,8,10-11,13-15H2,(H,25,30)(H,26,27,31)/t17?,20-/m1/s1. The Bertz CT molecular complexity index is 1090. The van der Waals surface area contributed by atoms with Crippen molar-refractivity contribution in [3.8, 4) is 0 Å². The monoisotopic (exact) mass is 449 g/mol. The van der Waals surface area contributed by atoms with Gasteiger partial charge in [0, 0.05) is 43.3 Å². The molecule has 0 saturated carbocycles. The van der Waals surface area contributed by atoms with Crippen LogP contribution in [0.4, 0.5) is 10.8 Å². The number of amides is 2. The van der Waals surface area contributed by atoms with Crippen molar-refractivity contribution in [2.75, 3.05) is 23.3 Å². The zero-order valence-electron chi connectivity index (χ0n) is 17.9. The van der Waals surface area contributed by atoms with Crippen molar-refractivity contribution in [1.29, 1.82) is 0 Å². The van der Waals surface area contributed by atoms with Crippen molar-refractivity contribution in [3.63, 3.8) is 0 Å². The van der Waals surface area contributed by atoms with E-state index < -0.39 is 0 Å². The van der Waals surface area contributed by atoms with Crippen LogP contribution in [-0.2, 0) is 11.3 Å². The normalized spacial score (nSPS) is 20.9. The van der Waals surface area contributed by atoms with E-state index in [1.165, 1.54) is 17.0 Å². The number of hydrogen-bond donors (Lipinski definition) is 2. The van der Waals surface area contributed by atoms with Crippen LogP contribution in [0.25, 0.3) is 0 Å². The van der Waals surface area contributed by atoms with Gasteiger partial charge in [-0.2, -0.15) is 0 Å². The number of anilines is 2. The molecule has 5 rings (SSSR count). The second-order valence-corrected chi connectivity index (χ2v) is 9.33. The van der Waals surface area contributed by atoms with E-state index in [1.807, 2.05) is 29.0 Å². The first-order valence-corrected chi connectivity index (χ1v) is 12.1. The van der Waals surface area contributed by atoms with E-state index in [9.17, 15) is 9.59 Å². The predicted octanol–water partition coefficient (Wildman–Crippen LogP) is 4.06. The Morgan fingerprint density at radius 3 is 2.91 bits per heavy atom. The number of piperidine rings is 1. The number of para-hydroxylation sites is 1. The van der Waals surface area contributed by atoms with E-state index >= 15 is 0 Å². The SMILES string of the molecule is O=C1CC(Cn2cccc2C(=O)Nc2nc([C@H]3CCCN3c3ccccc3)cs2)CCN1. The van der Waals surface area contributed by atoms with Crippen LogP contribution in [0.1, 0.15) is 47.9 Å². The summed E-state index contributed by atoms with van der Waals surface area (Å²) in [6, 6.07) is 14.4. The van der Waals surface area contributed by atoms with Gasteiger partial charge in [-0.1, -0.05) is 18.2 Å². The smallest absolute Gasteiger partial charge is 0.274 e. The fourth-order valence-electron chi connectivity index (χ4n) is 4.73. The summed E-state index contributed by atoms with van der Waals surface area (Å²) in [5.41, 5.74) is 2.82. The van der Waals surface area contributed by atoms with E-state index in [-0.39, 0.29) is 23.8 Å². The van der Waals surface area contributed by atoms with Crippen LogP contribution in [0.5, 0.6) is 0 Å². The third kappa shape index (κ3) is 4.41. The van der Waals surface area contributed by atoms with Crippen LogP contribution in [0.3, 0.4) is 0 Å². The van der Waals surface area contributed by atoms with Gasteiger partial charge in [0.2, 0.25) is 5.91 Å². The maximum atomic E-state index is 13.0. The molecule has 2 N–H and O–H groups in total. The molecule has 166 valence electrons. The summed E-state index contributed by atoms with van der Waals surface area (Å²) >= 11 is 1.47. The molecule has 2 aromatic heterocycles. The van der Waals surface area contributed by atoms with Crippen molar-refractivity contribution in [2.24, 2.45) is 5.92 Å². The molecule has 0 radical (unpaired) electrons. The molecule has 1 aromatic carbocycles. The summed E-state index contributed by atoms with van der Waals surface area (Å²) in [7, 11) is 0. The van der Waals surface area contributed by atoms with E-state index in [0.717, 1.165) is 31.5 Å². The Balaban J connectivity index is 1.26. The van der Waals surface area contributed by atoms with Crippen LogP contribution in [0.15, 0.2) is 54.0 Å². The lowest BCUT2D eigenvalue weighted by molar-refractivity contribution is -0.123. The van der Waals surface area contributed by atoms with E-state index in [2.05, 4.69) is 45.2 Å². The minimum absolute atomic E-state index is 0.0891. The Kier molecular flexibility index (Phi) is 5.94. The van der Waals surface area contributed by atoms with Gasteiger partial charge in [0.15, 0.2) is 5.13 Å². The van der Waals surface area contributed by atoms with Gasteiger partial charge >= 0.3 is 0 Å².